The Morgan fingerprint density at radius 2 is 1.74 bits per heavy atom. The Bertz CT molecular complexity index is 1160. The fraction of sp³-hybridized carbons (Fsp3) is 0.379. The summed E-state index contributed by atoms with van der Waals surface area (Å²) in [6, 6.07) is 19.8. The molecule has 2 aromatic carbocycles. The largest absolute Gasteiger partial charge is 0.479 e. The van der Waals surface area contributed by atoms with E-state index in [1.165, 1.54) is 11.1 Å². The van der Waals surface area contributed by atoms with Gasteiger partial charge in [0.05, 0.1) is 6.61 Å². The second kappa shape index (κ2) is 11.4. The van der Waals surface area contributed by atoms with Crippen molar-refractivity contribution in [3.8, 4) is 0 Å². The summed E-state index contributed by atoms with van der Waals surface area (Å²) in [5.74, 6) is -0.961. The van der Waals surface area contributed by atoms with Crippen molar-refractivity contribution in [2.75, 3.05) is 5.32 Å². The Kier molecular flexibility index (Phi) is 8.03. The van der Waals surface area contributed by atoms with Gasteiger partial charge in [0.25, 0.3) is 5.91 Å². The minimum Gasteiger partial charge on any atom is -0.479 e. The van der Waals surface area contributed by atoms with Crippen LogP contribution in [0.1, 0.15) is 66.2 Å². The van der Waals surface area contributed by atoms with Crippen LogP contribution in [0.5, 0.6) is 0 Å². The Hall–Kier alpha value is -3.38. The van der Waals surface area contributed by atoms with E-state index in [4.69, 9.17) is 4.74 Å². The first-order valence-electron chi connectivity index (χ1n) is 12.5. The van der Waals surface area contributed by atoms with Crippen LogP contribution in [0.3, 0.4) is 0 Å². The lowest BCUT2D eigenvalue weighted by molar-refractivity contribution is -0.167. The first kappa shape index (κ1) is 24.7. The Labute approximate surface area is 206 Å². The zero-order valence-corrected chi connectivity index (χ0v) is 20.3. The van der Waals surface area contributed by atoms with Crippen molar-refractivity contribution in [3.63, 3.8) is 0 Å². The number of carbonyl (C=O) groups excluding carboxylic acids is 1. The van der Waals surface area contributed by atoms with Crippen LogP contribution in [0.2, 0.25) is 0 Å². The van der Waals surface area contributed by atoms with Crippen LogP contribution in [-0.4, -0.2) is 27.2 Å². The van der Waals surface area contributed by atoms with Crippen molar-refractivity contribution < 1.29 is 19.4 Å². The van der Waals surface area contributed by atoms with Gasteiger partial charge in [0.1, 0.15) is 5.69 Å². The number of carboxylic acid groups (broad SMARTS) is 1. The predicted octanol–water partition coefficient (Wildman–Crippen LogP) is 5.85. The number of aromatic nitrogens is 1. The summed E-state index contributed by atoms with van der Waals surface area (Å²) >= 11 is 0. The summed E-state index contributed by atoms with van der Waals surface area (Å²) in [5.41, 5.74) is 3.78. The highest BCUT2D eigenvalue weighted by Crippen LogP contribution is 2.34. The third-order valence-electron chi connectivity index (χ3n) is 6.83. The fourth-order valence-electron chi connectivity index (χ4n) is 4.80. The number of ether oxygens (including phenoxy) is 1. The lowest BCUT2D eigenvalue weighted by Crippen LogP contribution is -2.38. The van der Waals surface area contributed by atoms with Gasteiger partial charge in [-0.2, -0.15) is 0 Å². The number of hydrogen-bond donors (Lipinski definition) is 2. The van der Waals surface area contributed by atoms with Crippen molar-refractivity contribution in [2.45, 2.75) is 70.6 Å². The van der Waals surface area contributed by atoms with Crippen LogP contribution in [0.15, 0.2) is 66.9 Å². The molecule has 184 valence electrons. The number of carboxylic acids is 1. The molecule has 0 bridgehead atoms. The number of nitrogens with zero attached hydrogens (tertiary/aromatic N) is 1. The van der Waals surface area contributed by atoms with Crippen molar-refractivity contribution >= 4 is 17.6 Å². The highest BCUT2D eigenvalue weighted by molar-refractivity contribution is 6.03. The highest BCUT2D eigenvalue weighted by Gasteiger charge is 2.42. The summed E-state index contributed by atoms with van der Waals surface area (Å²) in [6.07, 6.45) is 7.56. The van der Waals surface area contributed by atoms with Crippen molar-refractivity contribution in [1.82, 2.24) is 4.57 Å². The zero-order valence-electron chi connectivity index (χ0n) is 20.3. The molecule has 2 N–H and O–H groups in total. The molecule has 3 aromatic rings. The molecule has 1 heterocycles. The molecular formula is C29H34N2O4. The number of amides is 1. The van der Waals surface area contributed by atoms with E-state index < -0.39 is 11.6 Å². The third-order valence-corrected chi connectivity index (χ3v) is 6.83. The molecule has 4 rings (SSSR count). The fourth-order valence-corrected chi connectivity index (χ4v) is 4.80. The Morgan fingerprint density at radius 3 is 2.51 bits per heavy atom. The summed E-state index contributed by atoms with van der Waals surface area (Å²) in [6.45, 7) is 3.13. The maximum absolute atomic E-state index is 12.8. The number of benzene rings is 2. The van der Waals surface area contributed by atoms with Gasteiger partial charge in [-0.3, -0.25) is 4.79 Å². The Balaban J connectivity index is 1.31. The second-order valence-electron chi connectivity index (χ2n) is 9.31. The molecule has 0 saturated heterocycles. The number of nitrogens with one attached hydrogen (secondary N) is 1. The van der Waals surface area contributed by atoms with Gasteiger partial charge in [0.15, 0.2) is 5.60 Å². The van der Waals surface area contributed by atoms with E-state index in [2.05, 4.69) is 30.4 Å². The van der Waals surface area contributed by atoms with Crippen molar-refractivity contribution in [2.24, 2.45) is 0 Å². The summed E-state index contributed by atoms with van der Waals surface area (Å²) in [5, 5.41) is 12.6. The van der Waals surface area contributed by atoms with Gasteiger partial charge < -0.3 is 19.7 Å². The molecule has 0 radical (unpaired) electrons. The summed E-state index contributed by atoms with van der Waals surface area (Å²) in [7, 11) is 0. The molecule has 1 fully saturated rings. The summed E-state index contributed by atoms with van der Waals surface area (Å²) in [4.78, 5) is 24.6. The van der Waals surface area contributed by atoms with E-state index in [9.17, 15) is 14.7 Å². The monoisotopic (exact) mass is 474 g/mol. The molecule has 0 aliphatic heterocycles. The smallest absolute Gasteiger partial charge is 0.335 e. The van der Waals surface area contributed by atoms with Crippen LogP contribution in [-0.2, 0) is 35.5 Å². The Morgan fingerprint density at radius 1 is 1.00 bits per heavy atom. The predicted molar refractivity (Wildman–Crippen MR) is 137 cm³/mol. The van der Waals surface area contributed by atoms with E-state index in [0.29, 0.717) is 25.1 Å². The first-order valence-corrected chi connectivity index (χ1v) is 12.5. The van der Waals surface area contributed by atoms with E-state index in [1.54, 1.807) is 0 Å². The maximum Gasteiger partial charge on any atom is 0.335 e. The van der Waals surface area contributed by atoms with E-state index in [-0.39, 0.29) is 5.91 Å². The van der Waals surface area contributed by atoms with Gasteiger partial charge in [0.2, 0.25) is 0 Å². The van der Waals surface area contributed by atoms with Gasteiger partial charge in [0, 0.05) is 18.4 Å². The van der Waals surface area contributed by atoms with Gasteiger partial charge >= 0.3 is 5.97 Å². The zero-order chi connectivity index (χ0) is 24.7. The van der Waals surface area contributed by atoms with Crippen LogP contribution in [0, 0.1) is 0 Å². The van der Waals surface area contributed by atoms with Crippen LogP contribution in [0.25, 0.3) is 0 Å². The topological polar surface area (TPSA) is 80.6 Å². The molecular weight excluding hydrogens is 440 g/mol. The molecule has 0 unspecified atom stereocenters. The molecule has 6 nitrogen and oxygen atoms in total. The van der Waals surface area contributed by atoms with E-state index in [1.807, 2.05) is 53.2 Å². The van der Waals surface area contributed by atoms with Gasteiger partial charge in [-0.1, -0.05) is 43.3 Å². The molecule has 0 atom stereocenters. The van der Waals surface area contributed by atoms with Crippen LogP contribution >= 0.6 is 0 Å². The molecule has 1 saturated carbocycles. The van der Waals surface area contributed by atoms with Crippen molar-refractivity contribution in [3.05, 3.63) is 89.2 Å². The maximum atomic E-state index is 12.8. The number of anilines is 1. The minimum atomic E-state index is -1.03. The van der Waals surface area contributed by atoms with E-state index in [0.717, 1.165) is 49.9 Å². The SMILES string of the molecule is CCc1cccc(NC(=O)c2cccn2CCCc2cccc(COC3(C(=O)O)CCCC3)c2)c1. The minimum absolute atomic E-state index is 0.110. The molecule has 1 aliphatic carbocycles. The molecule has 1 aliphatic rings. The van der Waals surface area contributed by atoms with Crippen molar-refractivity contribution in [1.29, 1.82) is 0 Å². The molecule has 1 amide bonds. The van der Waals surface area contributed by atoms with Gasteiger partial charge in [-0.25, -0.2) is 4.79 Å². The standard InChI is InChI=1S/C29H34N2O4/c1-2-22-9-6-13-25(20-22)30-27(32)26-14-8-18-31(26)17-7-12-23-10-5-11-24(19-23)21-35-29(28(33)34)15-3-4-16-29/h5-6,8-11,13-14,18-20H,2-4,7,12,15-17,21H2,1H3,(H,30,32)(H,33,34). The molecule has 1 aromatic heterocycles. The average Bonchev–Trinajstić information content (AvgIpc) is 3.54. The van der Waals surface area contributed by atoms with Gasteiger partial charge in [-0.05, 0) is 85.9 Å². The van der Waals surface area contributed by atoms with Crippen LogP contribution < -0.4 is 5.32 Å². The number of hydrogen-bond acceptors (Lipinski definition) is 3. The molecule has 35 heavy (non-hydrogen) atoms. The average molecular weight is 475 g/mol. The third kappa shape index (κ3) is 6.20. The number of carbonyl (C=O) groups is 2. The second-order valence-corrected chi connectivity index (χ2v) is 9.31. The first-order chi connectivity index (χ1) is 17.0. The van der Waals surface area contributed by atoms with E-state index >= 15 is 0 Å². The highest BCUT2D eigenvalue weighted by atomic mass is 16.5. The lowest BCUT2D eigenvalue weighted by Gasteiger charge is -2.24. The number of aryl methyl sites for hydroxylation is 3. The normalized spacial score (nSPS) is 14.7. The number of rotatable bonds is 11. The van der Waals surface area contributed by atoms with Crippen LogP contribution in [0.4, 0.5) is 5.69 Å². The summed E-state index contributed by atoms with van der Waals surface area (Å²) < 4.78 is 7.90. The molecule has 0 spiro atoms. The molecule has 6 heteroatoms. The van der Waals surface area contributed by atoms with Gasteiger partial charge in [-0.15, -0.1) is 0 Å². The quantitative estimate of drug-likeness (QED) is 0.365. The number of aliphatic carboxylic acids is 1. The lowest BCUT2D eigenvalue weighted by atomic mass is 10.0.